The van der Waals surface area contributed by atoms with Gasteiger partial charge in [0.05, 0.1) is 38.7 Å². The normalized spacial score (nSPS) is 15.2. The van der Waals surface area contributed by atoms with E-state index in [-0.39, 0.29) is 22.2 Å². The number of pyridine rings is 1. The topological polar surface area (TPSA) is 106 Å². The number of amides is 1. The van der Waals surface area contributed by atoms with Crippen LogP contribution in [0.25, 0.3) is 21.3 Å². The highest BCUT2D eigenvalue weighted by molar-refractivity contribution is 7.19. The van der Waals surface area contributed by atoms with Crippen molar-refractivity contribution in [2.45, 2.75) is 18.9 Å². The number of rotatable bonds is 7. The Bertz CT molecular complexity index is 1420. The molecule has 34 heavy (non-hydrogen) atoms. The summed E-state index contributed by atoms with van der Waals surface area (Å²) >= 11 is 13.8. The fraction of sp³-hybridized carbons (Fsp3) is 0.217. The minimum absolute atomic E-state index is 0.150. The van der Waals surface area contributed by atoms with E-state index in [0.717, 1.165) is 13.0 Å². The smallest absolute Gasteiger partial charge is 0.260 e. The molecule has 1 atom stereocenters. The average Bonchev–Trinajstić information content (AvgIpc) is 3.21. The fourth-order valence-corrected chi connectivity index (χ4v) is 4.97. The maximum Gasteiger partial charge on any atom is 0.260 e. The van der Waals surface area contributed by atoms with Gasteiger partial charge in [-0.3, -0.25) is 9.59 Å². The van der Waals surface area contributed by atoms with Gasteiger partial charge in [-0.15, -0.1) is 11.3 Å². The lowest BCUT2D eigenvalue weighted by atomic mass is 10.1. The SMILES string of the molecule is O=C(Nc1ccncn1)c1cc2c(OCCC3CCO3)c(-c3ccc(Cl)s3)c(=O)[nH]c2cc1Cl. The number of halogens is 2. The van der Waals surface area contributed by atoms with Gasteiger partial charge in [-0.2, -0.15) is 0 Å². The third kappa shape index (κ3) is 4.65. The van der Waals surface area contributed by atoms with Crippen LogP contribution in [0.3, 0.4) is 0 Å². The zero-order chi connectivity index (χ0) is 23.7. The quantitative estimate of drug-likeness (QED) is 0.351. The number of anilines is 1. The summed E-state index contributed by atoms with van der Waals surface area (Å²) in [7, 11) is 0. The second-order valence-electron chi connectivity index (χ2n) is 7.61. The van der Waals surface area contributed by atoms with Crippen molar-refractivity contribution in [3.05, 3.63) is 68.1 Å². The van der Waals surface area contributed by atoms with Crippen LogP contribution >= 0.6 is 34.5 Å². The molecule has 0 radical (unpaired) electrons. The van der Waals surface area contributed by atoms with E-state index in [4.69, 9.17) is 32.7 Å². The monoisotopic (exact) mass is 516 g/mol. The minimum atomic E-state index is -0.452. The van der Waals surface area contributed by atoms with Gasteiger partial charge in [-0.1, -0.05) is 23.2 Å². The third-order valence-electron chi connectivity index (χ3n) is 5.42. The number of hydrogen-bond donors (Lipinski definition) is 2. The molecular formula is C23H18Cl2N4O4S. The Morgan fingerprint density at radius 1 is 1.29 bits per heavy atom. The van der Waals surface area contributed by atoms with Gasteiger partial charge in [-0.05, 0) is 36.8 Å². The van der Waals surface area contributed by atoms with Crippen molar-refractivity contribution in [2.24, 2.45) is 0 Å². The number of nitrogens with one attached hydrogen (secondary N) is 2. The molecule has 0 spiro atoms. The average molecular weight is 517 g/mol. The molecule has 0 bridgehead atoms. The zero-order valence-corrected chi connectivity index (χ0v) is 20.0. The maximum absolute atomic E-state index is 13.1. The van der Waals surface area contributed by atoms with Crippen molar-refractivity contribution in [1.29, 1.82) is 0 Å². The first-order valence-corrected chi connectivity index (χ1v) is 12.0. The first-order valence-electron chi connectivity index (χ1n) is 10.5. The van der Waals surface area contributed by atoms with Crippen molar-refractivity contribution in [2.75, 3.05) is 18.5 Å². The molecule has 0 aliphatic carbocycles. The zero-order valence-electron chi connectivity index (χ0n) is 17.6. The second kappa shape index (κ2) is 9.71. The molecule has 1 aliphatic heterocycles. The Morgan fingerprint density at radius 2 is 2.15 bits per heavy atom. The summed E-state index contributed by atoms with van der Waals surface area (Å²) in [6.45, 7) is 1.10. The molecule has 4 aromatic rings. The van der Waals surface area contributed by atoms with Crippen molar-refractivity contribution in [1.82, 2.24) is 15.0 Å². The van der Waals surface area contributed by atoms with Gasteiger partial charge in [0.1, 0.15) is 17.9 Å². The molecule has 1 fully saturated rings. The van der Waals surface area contributed by atoms with Crippen LogP contribution in [0.1, 0.15) is 23.2 Å². The fourth-order valence-electron chi connectivity index (χ4n) is 3.64. The van der Waals surface area contributed by atoms with E-state index in [1.165, 1.54) is 23.9 Å². The van der Waals surface area contributed by atoms with Gasteiger partial charge in [-0.25, -0.2) is 9.97 Å². The number of thiophene rings is 1. The number of carbonyl (C=O) groups excluding carboxylic acids is 1. The Labute approximate surface area is 207 Å². The standard InChI is InChI=1S/C23H18Cl2N4O4S/c24-15-10-16-14(9-13(15)22(30)29-19-3-6-26-11-27-19)21(33-8-5-12-4-7-32-12)20(23(31)28-16)17-1-2-18(25)34-17/h1-3,6,9-12H,4-5,7-8H2,(H,28,31)(H,26,27,29,30). The van der Waals surface area contributed by atoms with Crippen LogP contribution in [0, 0.1) is 0 Å². The van der Waals surface area contributed by atoms with E-state index in [1.54, 1.807) is 30.3 Å². The van der Waals surface area contributed by atoms with Crippen LogP contribution in [-0.2, 0) is 4.74 Å². The van der Waals surface area contributed by atoms with Crippen LogP contribution in [0.15, 0.2) is 47.7 Å². The van der Waals surface area contributed by atoms with Gasteiger partial charge < -0.3 is 19.8 Å². The highest BCUT2D eigenvalue weighted by Crippen LogP contribution is 2.39. The van der Waals surface area contributed by atoms with E-state index in [9.17, 15) is 9.59 Å². The highest BCUT2D eigenvalue weighted by atomic mass is 35.5. The van der Waals surface area contributed by atoms with Crippen molar-refractivity contribution in [3.63, 3.8) is 0 Å². The Hall–Kier alpha value is -2.98. The van der Waals surface area contributed by atoms with E-state index in [1.807, 2.05) is 0 Å². The van der Waals surface area contributed by atoms with Gasteiger partial charge in [0, 0.05) is 29.5 Å². The predicted molar refractivity (Wildman–Crippen MR) is 132 cm³/mol. The lowest BCUT2D eigenvalue weighted by Gasteiger charge is -2.26. The maximum atomic E-state index is 13.1. The van der Waals surface area contributed by atoms with Gasteiger partial charge >= 0.3 is 0 Å². The summed E-state index contributed by atoms with van der Waals surface area (Å²) in [4.78, 5) is 37.4. The van der Waals surface area contributed by atoms with Crippen LogP contribution < -0.4 is 15.6 Å². The molecule has 0 saturated carbocycles. The highest BCUT2D eigenvalue weighted by Gasteiger charge is 2.23. The number of benzene rings is 1. The molecule has 1 saturated heterocycles. The van der Waals surface area contributed by atoms with Crippen molar-refractivity contribution >= 4 is 57.2 Å². The van der Waals surface area contributed by atoms with Gasteiger partial charge in [0.15, 0.2) is 0 Å². The summed E-state index contributed by atoms with van der Waals surface area (Å²) in [5.74, 6) is 0.249. The summed E-state index contributed by atoms with van der Waals surface area (Å²) in [6, 6.07) is 8.21. The number of H-pyrrole nitrogens is 1. The first kappa shape index (κ1) is 22.8. The van der Waals surface area contributed by atoms with Crippen molar-refractivity contribution in [3.8, 4) is 16.2 Å². The van der Waals surface area contributed by atoms with Gasteiger partial charge in [0.2, 0.25) is 0 Å². The summed E-state index contributed by atoms with van der Waals surface area (Å²) in [5.41, 5.74) is 0.677. The number of aromatic amines is 1. The molecule has 174 valence electrons. The molecule has 2 N–H and O–H groups in total. The number of fused-ring (bicyclic) bond motifs is 1. The van der Waals surface area contributed by atoms with E-state index < -0.39 is 5.91 Å². The van der Waals surface area contributed by atoms with Crippen LogP contribution in [-0.4, -0.2) is 40.2 Å². The van der Waals surface area contributed by atoms with Crippen LogP contribution in [0.5, 0.6) is 5.75 Å². The first-order chi connectivity index (χ1) is 16.5. The second-order valence-corrected chi connectivity index (χ2v) is 9.73. The predicted octanol–water partition coefficient (Wildman–Crippen LogP) is 5.16. The number of aromatic nitrogens is 3. The lowest BCUT2D eigenvalue weighted by Crippen LogP contribution is -2.28. The Balaban J connectivity index is 1.60. The van der Waals surface area contributed by atoms with Crippen LogP contribution in [0.4, 0.5) is 5.82 Å². The van der Waals surface area contributed by atoms with E-state index in [0.29, 0.717) is 50.3 Å². The number of ether oxygens (including phenoxy) is 2. The number of hydrogen-bond acceptors (Lipinski definition) is 7. The molecule has 1 aliphatic rings. The molecule has 5 rings (SSSR count). The minimum Gasteiger partial charge on any atom is -0.492 e. The molecule has 1 unspecified atom stereocenters. The molecule has 1 aromatic carbocycles. The molecule has 8 nitrogen and oxygen atoms in total. The van der Waals surface area contributed by atoms with E-state index >= 15 is 0 Å². The largest absolute Gasteiger partial charge is 0.492 e. The molecule has 11 heteroatoms. The van der Waals surface area contributed by atoms with Crippen molar-refractivity contribution < 1.29 is 14.3 Å². The third-order valence-corrected chi connectivity index (χ3v) is 6.98. The molecular weight excluding hydrogens is 499 g/mol. The molecule has 4 heterocycles. The number of carbonyl (C=O) groups is 1. The summed E-state index contributed by atoms with van der Waals surface area (Å²) < 4.78 is 12.2. The summed E-state index contributed by atoms with van der Waals surface area (Å²) in [5, 5.41) is 3.42. The summed E-state index contributed by atoms with van der Waals surface area (Å²) in [6.07, 6.45) is 4.67. The molecule has 1 amide bonds. The Kier molecular flexibility index (Phi) is 6.51. The van der Waals surface area contributed by atoms with Crippen LogP contribution in [0.2, 0.25) is 9.36 Å². The lowest BCUT2D eigenvalue weighted by molar-refractivity contribution is -0.0595. The Morgan fingerprint density at radius 3 is 2.82 bits per heavy atom. The van der Waals surface area contributed by atoms with Gasteiger partial charge in [0.25, 0.3) is 11.5 Å². The van der Waals surface area contributed by atoms with E-state index in [2.05, 4.69) is 20.3 Å². The molecule has 3 aromatic heterocycles. The number of nitrogens with zero attached hydrogens (tertiary/aromatic N) is 2.